The van der Waals surface area contributed by atoms with Crippen molar-refractivity contribution >= 4 is 12.0 Å². The minimum Gasteiger partial charge on any atom is -0.434 e. The molecule has 0 aromatic carbocycles. The summed E-state index contributed by atoms with van der Waals surface area (Å²) >= 11 is 0. The lowest BCUT2D eigenvalue weighted by Crippen LogP contribution is -2.45. The number of rotatable bonds is 13. The Morgan fingerprint density at radius 2 is 1.94 bits per heavy atom. The van der Waals surface area contributed by atoms with Crippen molar-refractivity contribution in [3.63, 3.8) is 0 Å². The summed E-state index contributed by atoms with van der Waals surface area (Å²) in [7, 11) is 0. The molecule has 184 valence electrons. The number of ether oxygens (including phenoxy) is 3. The molecular weight excluding hydrogens is 436 g/mol. The maximum absolute atomic E-state index is 12.1. The Bertz CT molecular complexity index is 875. The summed E-state index contributed by atoms with van der Waals surface area (Å²) in [6.45, 7) is 1.59. The Balaban J connectivity index is 1.86. The monoisotopic (exact) mass is 468 g/mol. The second-order valence-electron chi connectivity index (χ2n) is 7.88. The summed E-state index contributed by atoms with van der Waals surface area (Å²) in [5, 5.41) is 24.2. The van der Waals surface area contributed by atoms with E-state index in [0.29, 0.717) is 6.42 Å². The Morgan fingerprint density at radius 3 is 2.58 bits per heavy atom. The average Bonchev–Trinajstić information content (AvgIpc) is 3.02. The van der Waals surface area contributed by atoms with Crippen LogP contribution in [0, 0.1) is 0 Å². The molecule has 0 spiro atoms. The number of aliphatic hydroxyl groups is 2. The van der Waals surface area contributed by atoms with E-state index in [1.165, 1.54) is 37.9 Å². The quantitative estimate of drug-likeness (QED) is 0.128. The van der Waals surface area contributed by atoms with Gasteiger partial charge in [0, 0.05) is 11.1 Å². The second-order valence-corrected chi connectivity index (χ2v) is 7.88. The first-order valence-corrected chi connectivity index (χ1v) is 11.1. The zero-order valence-corrected chi connectivity index (χ0v) is 18.7. The highest BCUT2D eigenvalue weighted by molar-refractivity contribution is 5.59. The number of carbonyl (C=O) groups excluding carboxylic acids is 1. The maximum atomic E-state index is 12.1. The minimum atomic E-state index is -2.17. The summed E-state index contributed by atoms with van der Waals surface area (Å²) in [6.07, 6.45) is 3.91. The molecule has 4 atom stereocenters. The number of aromatic nitrogens is 2. The smallest absolute Gasteiger partial charge is 0.434 e. The van der Waals surface area contributed by atoms with Gasteiger partial charge in [0.25, 0.3) is 0 Å². The highest BCUT2D eigenvalue weighted by atomic mass is 16.7. The molecule has 2 heterocycles. The van der Waals surface area contributed by atoms with Gasteiger partial charge in [-0.05, 0) is 18.0 Å². The van der Waals surface area contributed by atoms with Crippen molar-refractivity contribution in [2.45, 2.75) is 82.5 Å². The number of unbranched alkanes of at least 4 members (excludes halogenated alkanes) is 7. The zero-order chi connectivity index (χ0) is 24.3. The van der Waals surface area contributed by atoms with Crippen molar-refractivity contribution < 1.29 is 29.2 Å². The van der Waals surface area contributed by atoms with Gasteiger partial charge < -0.3 is 30.2 Å². The van der Waals surface area contributed by atoms with Crippen LogP contribution in [-0.2, 0) is 14.2 Å². The standard InChI is InChI=1S/C20H32N6O7/c1-2-3-4-5-6-7-8-9-12-31-19(30)32-13-20(24-25-22)16(28)15(27)17(33-20)26-11-10-14(21)23-18(26)29/h10-11,15-17,27-28H,2-9,12-13H2,1H3,(H2,21,23,29)/t15-,16+,17+,20-/m1/s1. The molecule has 13 heteroatoms. The maximum Gasteiger partial charge on any atom is 0.508 e. The SMILES string of the molecule is CCCCCCCCCCOC(=O)OC[C@@]1(N=[N+]=[N-])O[C@H](n2ccc(N)nc2=O)[C@H](O)[C@@H]1O. The van der Waals surface area contributed by atoms with Crippen LogP contribution in [0.4, 0.5) is 10.6 Å². The molecule has 13 nitrogen and oxygen atoms in total. The van der Waals surface area contributed by atoms with Crippen LogP contribution in [0.3, 0.4) is 0 Å². The number of hydrogen-bond acceptors (Lipinski definition) is 10. The molecule has 0 bridgehead atoms. The lowest BCUT2D eigenvalue weighted by Gasteiger charge is -2.25. The number of anilines is 1. The largest absolute Gasteiger partial charge is 0.508 e. The van der Waals surface area contributed by atoms with E-state index in [2.05, 4.69) is 21.9 Å². The third kappa shape index (κ3) is 7.32. The fourth-order valence-electron chi connectivity index (χ4n) is 3.51. The molecule has 33 heavy (non-hydrogen) atoms. The Labute approximate surface area is 191 Å². The predicted octanol–water partition coefficient (Wildman–Crippen LogP) is 2.38. The zero-order valence-electron chi connectivity index (χ0n) is 18.7. The number of azide groups is 1. The summed E-state index contributed by atoms with van der Waals surface area (Å²) in [5.74, 6) is -0.0480. The first kappa shape index (κ1) is 26.4. The topological polar surface area (TPSA) is 195 Å². The highest BCUT2D eigenvalue weighted by Crippen LogP contribution is 2.38. The van der Waals surface area contributed by atoms with Crippen LogP contribution in [0.2, 0.25) is 0 Å². The summed E-state index contributed by atoms with van der Waals surface area (Å²) in [5.41, 5.74) is 11.3. The van der Waals surface area contributed by atoms with Gasteiger partial charge in [-0.3, -0.25) is 4.57 Å². The molecule has 1 aliphatic heterocycles. The number of hydrogen-bond donors (Lipinski definition) is 3. The molecule has 0 saturated carbocycles. The van der Waals surface area contributed by atoms with Gasteiger partial charge in [-0.15, -0.1) is 0 Å². The van der Waals surface area contributed by atoms with Crippen LogP contribution in [0.1, 0.15) is 64.5 Å². The van der Waals surface area contributed by atoms with Crippen molar-refractivity contribution in [2.75, 3.05) is 18.9 Å². The van der Waals surface area contributed by atoms with Gasteiger partial charge in [-0.25, -0.2) is 9.59 Å². The summed E-state index contributed by atoms with van der Waals surface area (Å²) < 4.78 is 16.3. The van der Waals surface area contributed by atoms with Gasteiger partial charge in [-0.1, -0.05) is 57.0 Å². The molecular formula is C20H32N6O7. The number of nitrogens with two attached hydrogens (primary N) is 1. The van der Waals surface area contributed by atoms with Crippen molar-refractivity contribution in [2.24, 2.45) is 5.11 Å². The average molecular weight is 469 g/mol. The third-order valence-electron chi connectivity index (χ3n) is 5.36. The Kier molecular flexibility index (Phi) is 10.4. The van der Waals surface area contributed by atoms with E-state index in [1.54, 1.807) is 0 Å². The molecule has 0 unspecified atom stereocenters. The van der Waals surface area contributed by atoms with E-state index in [-0.39, 0.29) is 12.4 Å². The van der Waals surface area contributed by atoms with E-state index >= 15 is 0 Å². The van der Waals surface area contributed by atoms with Gasteiger partial charge in [0.1, 0.15) is 24.6 Å². The van der Waals surface area contributed by atoms with E-state index in [0.717, 1.165) is 23.8 Å². The van der Waals surface area contributed by atoms with Crippen molar-refractivity contribution in [1.82, 2.24) is 9.55 Å². The van der Waals surface area contributed by atoms with E-state index in [4.69, 9.17) is 25.5 Å². The lowest BCUT2D eigenvalue weighted by molar-refractivity contribution is -0.131. The Morgan fingerprint density at radius 1 is 1.27 bits per heavy atom. The molecule has 1 aromatic rings. The third-order valence-corrected chi connectivity index (χ3v) is 5.36. The molecule has 0 amide bonds. The van der Waals surface area contributed by atoms with Crippen LogP contribution in [0.25, 0.3) is 10.4 Å². The van der Waals surface area contributed by atoms with E-state index in [9.17, 15) is 19.8 Å². The summed E-state index contributed by atoms with van der Waals surface area (Å²) in [4.78, 5) is 30.1. The first-order chi connectivity index (χ1) is 15.8. The minimum absolute atomic E-state index is 0.0480. The molecule has 1 aliphatic rings. The molecule has 1 saturated heterocycles. The van der Waals surface area contributed by atoms with Gasteiger partial charge >= 0.3 is 11.8 Å². The molecule has 0 aliphatic carbocycles. The van der Waals surface area contributed by atoms with E-state index in [1.807, 2.05) is 0 Å². The van der Waals surface area contributed by atoms with Crippen LogP contribution >= 0.6 is 0 Å². The predicted molar refractivity (Wildman–Crippen MR) is 117 cm³/mol. The van der Waals surface area contributed by atoms with Gasteiger partial charge in [0.05, 0.1) is 6.61 Å². The molecule has 1 aromatic heterocycles. The summed E-state index contributed by atoms with van der Waals surface area (Å²) in [6, 6.07) is 1.29. The van der Waals surface area contributed by atoms with E-state index < -0.39 is 42.6 Å². The Hall–Kier alpha value is -2.86. The molecule has 1 fully saturated rings. The molecule has 4 N–H and O–H groups in total. The number of nitrogens with zero attached hydrogens (tertiary/aromatic N) is 5. The second kappa shape index (κ2) is 13.0. The fraction of sp³-hybridized carbons (Fsp3) is 0.750. The number of aliphatic hydroxyl groups excluding tert-OH is 2. The highest BCUT2D eigenvalue weighted by Gasteiger charge is 2.56. The number of nitrogen functional groups attached to an aromatic ring is 1. The van der Waals surface area contributed by atoms with Crippen molar-refractivity contribution in [1.29, 1.82) is 0 Å². The normalized spacial score (nSPS) is 24.3. The van der Waals surface area contributed by atoms with Crippen LogP contribution in [-0.4, -0.2) is 57.1 Å². The van der Waals surface area contributed by atoms with Crippen molar-refractivity contribution in [3.8, 4) is 0 Å². The van der Waals surface area contributed by atoms with Crippen LogP contribution in [0.15, 0.2) is 22.2 Å². The lowest BCUT2D eigenvalue weighted by atomic mass is 10.1. The van der Waals surface area contributed by atoms with Gasteiger partial charge in [0.2, 0.25) is 5.72 Å². The molecule has 2 rings (SSSR count). The van der Waals surface area contributed by atoms with Crippen LogP contribution in [0.5, 0.6) is 0 Å². The van der Waals surface area contributed by atoms with Gasteiger partial charge in [-0.2, -0.15) is 4.98 Å². The van der Waals surface area contributed by atoms with Gasteiger partial charge in [0.15, 0.2) is 6.23 Å². The fourth-order valence-corrected chi connectivity index (χ4v) is 3.51. The van der Waals surface area contributed by atoms with Crippen LogP contribution < -0.4 is 11.4 Å². The first-order valence-electron chi connectivity index (χ1n) is 11.1. The van der Waals surface area contributed by atoms with Crippen molar-refractivity contribution in [3.05, 3.63) is 33.2 Å². The molecule has 0 radical (unpaired) electrons. The number of carbonyl (C=O) groups is 1.